The molecule has 0 saturated heterocycles. The lowest BCUT2D eigenvalue weighted by molar-refractivity contribution is 0.0591. The van der Waals surface area contributed by atoms with E-state index in [0.29, 0.717) is 27.4 Å². The van der Waals surface area contributed by atoms with E-state index in [9.17, 15) is 14.4 Å². The Hall–Kier alpha value is -1.03. The molecule has 0 atom stereocenters. The van der Waals surface area contributed by atoms with Crippen LogP contribution < -0.4 is 0 Å². The van der Waals surface area contributed by atoms with Crippen LogP contribution in [0.15, 0.2) is 45.3 Å². The van der Waals surface area contributed by atoms with Crippen molar-refractivity contribution in [3.63, 3.8) is 0 Å². The predicted molar refractivity (Wildman–Crippen MR) is 117 cm³/mol. The smallest absolute Gasteiger partial charge is 0.337 e. The standard InChI is InChI=1S/C9H7Br3O2.C9H7BrO3/c1-14-9(13)5-2-3-7(10)6(4-5)8(11)12;1-13-9(12)6-2-3-8(10)7(4-6)5-11/h2-4,8H,1H3;2-5H,1H3. The molecule has 2 aromatic rings. The minimum absolute atomic E-state index is 0.00832. The molecule has 0 spiro atoms. The van der Waals surface area contributed by atoms with E-state index in [0.717, 1.165) is 10.0 Å². The van der Waals surface area contributed by atoms with E-state index >= 15 is 0 Å². The summed E-state index contributed by atoms with van der Waals surface area (Å²) in [5.74, 6) is -0.782. The maximum Gasteiger partial charge on any atom is 0.337 e. The summed E-state index contributed by atoms with van der Waals surface area (Å²) in [4.78, 5) is 32.8. The number of aldehydes is 1. The normalized spacial score (nSPS) is 9.89. The fourth-order valence-corrected chi connectivity index (χ4v) is 4.02. The molecule has 5 nitrogen and oxygen atoms in total. The number of halogens is 4. The summed E-state index contributed by atoms with van der Waals surface area (Å²) in [6.07, 6.45) is 0.677. The average Bonchev–Trinajstić information content (AvgIpc) is 2.67. The summed E-state index contributed by atoms with van der Waals surface area (Å²) in [5.41, 5.74) is 2.29. The van der Waals surface area contributed by atoms with Crippen LogP contribution in [0.3, 0.4) is 0 Å². The van der Waals surface area contributed by atoms with Crippen LogP contribution in [0, 0.1) is 0 Å². The van der Waals surface area contributed by atoms with Gasteiger partial charge in [0.2, 0.25) is 0 Å². The second kappa shape index (κ2) is 11.7. The fourth-order valence-electron chi connectivity index (χ4n) is 1.83. The van der Waals surface area contributed by atoms with Crippen molar-refractivity contribution in [3.8, 4) is 0 Å². The van der Waals surface area contributed by atoms with Gasteiger partial charge < -0.3 is 9.47 Å². The Kier molecular flexibility index (Phi) is 10.4. The van der Waals surface area contributed by atoms with Gasteiger partial charge in [0.25, 0.3) is 0 Å². The second-order valence-electron chi connectivity index (χ2n) is 4.87. The lowest BCUT2D eigenvalue weighted by Crippen LogP contribution is -2.01. The van der Waals surface area contributed by atoms with Gasteiger partial charge in [0.05, 0.1) is 29.1 Å². The molecule has 0 N–H and O–H groups in total. The molecule has 144 valence electrons. The van der Waals surface area contributed by atoms with Gasteiger partial charge in [-0.05, 0) is 42.0 Å². The number of rotatable bonds is 4. The summed E-state index contributed by atoms with van der Waals surface area (Å²) in [6.45, 7) is 0. The molecule has 0 amide bonds. The largest absolute Gasteiger partial charge is 0.465 e. The number of methoxy groups -OCH3 is 2. The van der Waals surface area contributed by atoms with Crippen molar-refractivity contribution in [2.75, 3.05) is 14.2 Å². The first kappa shape index (κ1) is 24.0. The van der Waals surface area contributed by atoms with Gasteiger partial charge in [-0.3, -0.25) is 4.79 Å². The Labute approximate surface area is 190 Å². The first-order chi connectivity index (χ1) is 12.7. The van der Waals surface area contributed by atoms with Crippen LogP contribution in [0.1, 0.15) is 40.4 Å². The van der Waals surface area contributed by atoms with E-state index in [2.05, 4.69) is 73.2 Å². The van der Waals surface area contributed by atoms with Gasteiger partial charge in [-0.25, -0.2) is 9.59 Å². The van der Waals surface area contributed by atoms with E-state index in [1.807, 2.05) is 6.07 Å². The number of carbonyl (C=O) groups is 3. The number of ether oxygens (including phenoxy) is 2. The van der Waals surface area contributed by atoms with Crippen LogP contribution >= 0.6 is 63.7 Å². The first-order valence-corrected chi connectivity index (χ1v) is 10.7. The molecule has 2 rings (SSSR count). The van der Waals surface area contributed by atoms with Gasteiger partial charge in [0.1, 0.15) is 0 Å². The molecule has 0 heterocycles. The SMILES string of the molecule is COC(=O)c1ccc(Br)c(C(Br)Br)c1.COC(=O)c1ccc(Br)c(C=O)c1. The molecule has 0 aliphatic carbocycles. The van der Waals surface area contributed by atoms with Crippen molar-refractivity contribution in [2.45, 2.75) is 3.74 Å². The third-order valence-electron chi connectivity index (χ3n) is 3.20. The van der Waals surface area contributed by atoms with Crippen molar-refractivity contribution in [1.82, 2.24) is 0 Å². The Bertz CT molecular complexity index is 836. The van der Waals surface area contributed by atoms with Crippen LogP contribution in [-0.2, 0) is 9.47 Å². The van der Waals surface area contributed by atoms with Gasteiger partial charge in [-0.15, -0.1) is 0 Å². The number of benzene rings is 2. The molecule has 0 saturated carbocycles. The molecule has 0 fully saturated rings. The van der Waals surface area contributed by atoms with Crippen molar-refractivity contribution >= 4 is 81.9 Å². The molecule has 2 aromatic carbocycles. The molecule has 0 aliphatic rings. The second-order valence-corrected chi connectivity index (χ2v) is 9.64. The Morgan fingerprint density at radius 3 is 1.81 bits per heavy atom. The van der Waals surface area contributed by atoms with Gasteiger partial charge in [0, 0.05) is 14.5 Å². The zero-order valence-corrected chi connectivity index (χ0v) is 20.5. The molecule has 27 heavy (non-hydrogen) atoms. The quantitative estimate of drug-likeness (QED) is 0.233. The molecular weight excluding hydrogens is 616 g/mol. The Morgan fingerprint density at radius 1 is 0.889 bits per heavy atom. The molecule has 0 unspecified atom stereocenters. The van der Waals surface area contributed by atoms with Crippen molar-refractivity contribution < 1.29 is 23.9 Å². The van der Waals surface area contributed by atoms with Crippen LogP contribution in [-0.4, -0.2) is 32.4 Å². The zero-order chi connectivity index (χ0) is 20.6. The van der Waals surface area contributed by atoms with Gasteiger partial charge in [0.15, 0.2) is 6.29 Å². The Morgan fingerprint density at radius 2 is 1.37 bits per heavy atom. The molecular formula is C18H14Br4O5. The van der Waals surface area contributed by atoms with Crippen molar-refractivity contribution in [2.24, 2.45) is 0 Å². The van der Waals surface area contributed by atoms with Gasteiger partial charge >= 0.3 is 11.9 Å². The first-order valence-electron chi connectivity index (χ1n) is 7.24. The van der Waals surface area contributed by atoms with Gasteiger partial charge in [-0.2, -0.15) is 0 Å². The van der Waals surface area contributed by atoms with Crippen molar-refractivity contribution in [1.29, 1.82) is 0 Å². The summed E-state index contributed by atoms with van der Waals surface area (Å²) < 4.78 is 10.7. The van der Waals surface area contributed by atoms with Crippen LogP contribution in [0.5, 0.6) is 0 Å². The number of esters is 2. The predicted octanol–water partition coefficient (Wildman–Crippen LogP) is 6.07. The topological polar surface area (TPSA) is 69.7 Å². The summed E-state index contributed by atoms with van der Waals surface area (Å²) >= 11 is 13.3. The van der Waals surface area contributed by atoms with E-state index in [1.54, 1.807) is 24.3 Å². The van der Waals surface area contributed by atoms with E-state index < -0.39 is 5.97 Å². The molecule has 0 bridgehead atoms. The third kappa shape index (κ3) is 7.14. The maximum absolute atomic E-state index is 11.2. The summed E-state index contributed by atoms with van der Waals surface area (Å²) in [7, 11) is 2.66. The number of carbonyl (C=O) groups excluding carboxylic acids is 3. The van der Waals surface area contributed by atoms with E-state index in [4.69, 9.17) is 0 Å². The highest BCUT2D eigenvalue weighted by Crippen LogP contribution is 2.35. The zero-order valence-electron chi connectivity index (χ0n) is 14.2. The highest BCUT2D eigenvalue weighted by Gasteiger charge is 2.12. The summed E-state index contributed by atoms with van der Waals surface area (Å²) in [5, 5.41) is 0. The fraction of sp³-hybridized carbons (Fsp3) is 0.167. The summed E-state index contributed by atoms with van der Waals surface area (Å²) in [6, 6.07) is 9.99. The van der Waals surface area contributed by atoms with Gasteiger partial charge in [-0.1, -0.05) is 63.7 Å². The minimum atomic E-state index is -0.449. The lowest BCUT2D eigenvalue weighted by Gasteiger charge is -2.07. The molecule has 0 aromatic heterocycles. The monoisotopic (exact) mass is 626 g/mol. The highest BCUT2D eigenvalue weighted by molar-refractivity contribution is 9.24. The van der Waals surface area contributed by atoms with Crippen molar-refractivity contribution in [3.05, 3.63) is 67.6 Å². The van der Waals surface area contributed by atoms with Crippen LogP contribution in [0.2, 0.25) is 0 Å². The maximum atomic E-state index is 11.2. The Balaban J connectivity index is 0.000000271. The average molecular weight is 630 g/mol. The van der Waals surface area contributed by atoms with E-state index in [-0.39, 0.29) is 9.71 Å². The molecule has 0 aliphatic heterocycles. The van der Waals surface area contributed by atoms with E-state index in [1.165, 1.54) is 20.3 Å². The van der Waals surface area contributed by atoms with Crippen LogP contribution in [0.4, 0.5) is 0 Å². The number of hydrogen-bond donors (Lipinski definition) is 0. The lowest BCUT2D eigenvalue weighted by atomic mass is 10.1. The minimum Gasteiger partial charge on any atom is -0.465 e. The molecule has 0 radical (unpaired) electrons. The highest BCUT2D eigenvalue weighted by atomic mass is 79.9. The third-order valence-corrected chi connectivity index (χ3v) is 5.63. The number of hydrogen-bond acceptors (Lipinski definition) is 5. The molecule has 9 heteroatoms. The van der Waals surface area contributed by atoms with Crippen LogP contribution in [0.25, 0.3) is 0 Å². The number of alkyl halides is 2.